The molecule has 23 heavy (non-hydrogen) atoms. The van der Waals surface area contributed by atoms with Crippen LogP contribution in [0.5, 0.6) is 0 Å². The highest BCUT2D eigenvalue weighted by molar-refractivity contribution is 5.85. The number of carbonyl (C=O) groups is 1. The van der Waals surface area contributed by atoms with Gasteiger partial charge < -0.3 is 15.5 Å². The van der Waals surface area contributed by atoms with Gasteiger partial charge in [0.15, 0.2) is 0 Å². The summed E-state index contributed by atoms with van der Waals surface area (Å²) in [4.78, 5) is 14.8. The Balaban J connectivity index is 0.00000132. The van der Waals surface area contributed by atoms with Crippen molar-refractivity contribution < 1.29 is 4.79 Å². The van der Waals surface area contributed by atoms with Crippen LogP contribution in [-0.2, 0) is 4.79 Å². The van der Waals surface area contributed by atoms with E-state index >= 15 is 0 Å². The summed E-state index contributed by atoms with van der Waals surface area (Å²) in [6, 6.07) is 0. The smallest absolute Gasteiger partial charge is 0.223 e. The number of nitrogens with one attached hydrogen (secondary N) is 2. The molecule has 1 atom stereocenters. The summed E-state index contributed by atoms with van der Waals surface area (Å²) < 4.78 is 0. The number of piperidine rings is 2. The van der Waals surface area contributed by atoms with Gasteiger partial charge in [0.2, 0.25) is 5.91 Å². The van der Waals surface area contributed by atoms with E-state index < -0.39 is 0 Å². The van der Waals surface area contributed by atoms with Gasteiger partial charge in [-0.05, 0) is 82.6 Å². The van der Waals surface area contributed by atoms with Gasteiger partial charge in [0, 0.05) is 12.5 Å². The molecule has 1 spiro atoms. The molecule has 0 aromatic heterocycles. The van der Waals surface area contributed by atoms with Crippen molar-refractivity contribution in [1.82, 2.24) is 15.5 Å². The number of hydrogen-bond acceptors (Lipinski definition) is 3. The second-order valence-electron chi connectivity index (χ2n) is 7.33. The van der Waals surface area contributed by atoms with E-state index in [0.29, 0.717) is 17.2 Å². The van der Waals surface area contributed by atoms with Crippen molar-refractivity contribution in [3.8, 4) is 0 Å². The largest absolute Gasteiger partial charge is 0.356 e. The second kappa shape index (κ2) is 9.45. The van der Waals surface area contributed by atoms with Gasteiger partial charge in [-0.15, -0.1) is 24.8 Å². The van der Waals surface area contributed by atoms with Crippen molar-refractivity contribution in [3.63, 3.8) is 0 Å². The molecule has 1 aliphatic carbocycles. The zero-order valence-electron chi connectivity index (χ0n) is 14.3. The van der Waals surface area contributed by atoms with Gasteiger partial charge in [-0.3, -0.25) is 4.79 Å². The van der Waals surface area contributed by atoms with Crippen LogP contribution in [-0.4, -0.2) is 50.1 Å². The molecule has 136 valence electrons. The number of hydrogen-bond donors (Lipinski definition) is 2. The number of carbonyl (C=O) groups excluding carboxylic acids is 1. The molecule has 0 aromatic rings. The zero-order chi connectivity index (χ0) is 14.7. The van der Waals surface area contributed by atoms with Crippen molar-refractivity contribution in [2.75, 3.05) is 39.3 Å². The lowest BCUT2D eigenvalue weighted by atomic mass is 9.91. The van der Waals surface area contributed by atoms with Gasteiger partial charge in [0.05, 0.1) is 0 Å². The Morgan fingerprint density at radius 3 is 2.48 bits per heavy atom. The van der Waals surface area contributed by atoms with Crippen molar-refractivity contribution in [3.05, 3.63) is 0 Å². The molecule has 0 radical (unpaired) electrons. The first kappa shape index (κ1) is 21.0. The molecule has 3 rings (SSSR count). The highest BCUT2D eigenvalue weighted by Gasteiger charge is 2.57. The van der Waals surface area contributed by atoms with E-state index in [2.05, 4.69) is 22.5 Å². The van der Waals surface area contributed by atoms with Crippen molar-refractivity contribution in [1.29, 1.82) is 0 Å². The number of rotatable bonds is 5. The predicted octanol–water partition coefficient (Wildman–Crippen LogP) is 2.46. The van der Waals surface area contributed by atoms with Crippen LogP contribution in [0.2, 0.25) is 0 Å². The van der Waals surface area contributed by atoms with E-state index in [1.54, 1.807) is 0 Å². The van der Waals surface area contributed by atoms with E-state index in [4.69, 9.17) is 0 Å². The van der Waals surface area contributed by atoms with Gasteiger partial charge in [0.1, 0.15) is 0 Å². The summed E-state index contributed by atoms with van der Waals surface area (Å²) in [6.07, 6.45) is 7.31. The molecular weight excluding hydrogens is 333 g/mol. The first-order valence-electron chi connectivity index (χ1n) is 8.94. The Bertz CT molecular complexity index is 367. The summed E-state index contributed by atoms with van der Waals surface area (Å²) in [6.45, 7) is 9.00. The van der Waals surface area contributed by atoms with E-state index in [1.165, 1.54) is 51.7 Å². The molecule has 2 N–H and O–H groups in total. The highest BCUT2D eigenvalue weighted by Crippen LogP contribution is 2.58. The summed E-state index contributed by atoms with van der Waals surface area (Å²) in [7, 11) is 0. The minimum absolute atomic E-state index is 0. The van der Waals surface area contributed by atoms with Crippen LogP contribution in [0.15, 0.2) is 0 Å². The monoisotopic (exact) mass is 365 g/mol. The van der Waals surface area contributed by atoms with Crippen LogP contribution >= 0.6 is 24.8 Å². The van der Waals surface area contributed by atoms with Crippen molar-refractivity contribution >= 4 is 30.7 Å². The average Bonchev–Trinajstić information content (AvgIpc) is 3.22. The van der Waals surface area contributed by atoms with Gasteiger partial charge in [-0.1, -0.05) is 6.92 Å². The molecule has 2 aliphatic heterocycles. The maximum atomic E-state index is 12.3. The SMILES string of the molecule is CCN1CCC(CCNC(=O)C2CC23CCNCC3)CC1.Cl.Cl. The molecule has 6 heteroatoms. The molecule has 0 bridgehead atoms. The fraction of sp³-hybridized carbons (Fsp3) is 0.941. The van der Waals surface area contributed by atoms with Crippen LogP contribution in [0.3, 0.4) is 0 Å². The maximum absolute atomic E-state index is 12.3. The Kier molecular flexibility index (Phi) is 8.64. The first-order valence-corrected chi connectivity index (χ1v) is 8.94. The molecule has 3 fully saturated rings. The molecule has 4 nitrogen and oxygen atoms in total. The number of amides is 1. The Labute approximate surface area is 153 Å². The van der Waals surface area contributed by atoms with Crippen LogP contribution < -0.4 is 10.6 Å². The summed E-state index contributed by atoms with van der Waals surface area (Å²) in [5, 5.41) is 6.61. The fourth-order valence-corrected chi connectivity index (χ4v) is 4.31. The summed E-state index contributed by atoms with van der Waals surface area (Å²) >= 11 is 0. The van der Waals surface area contributed by atoms with Crippen LogP contribution in [0, 0.1) is 17.3 Å². The van der Waals surface area contributed by atoms with Crippen molar-refractivity contribution in [2.45, 2.75) is 45.4 Å². The number of halogens is 2. The minimum Gasteiger partial charge on any atom is -0.356 e. The zero-order valence-corrected chi connectivity index (χ0v) is 15.9. The average molecular weight is 366 g/mol. The van der Waals surface area contributed by atoms with Crippen LogP contribution in [0.25, 0.3) is 0 Å². The lowest BCUT2D eigenvalue weighted by Crippen LogP contribution is -2.36. The second-order valence-corrected chi connectivity index (χ2v) is 7.33. The van der Waals surface area contributed by atoms with Gasteiger partial charge in [-0.25, -0.2) is 0 Å². The molecule has 1 amide bonds. The molecule has 2 saturated heterocycles. The Morgan fingerprint density at radius 2 is 1.87 bits per heavy atom. The molecule has 0 aromatic carbocycles. The standard InChI is InChI=1S/C17H31N3O.2ClH/c1-2-20-11-4-14(5-12-20)3-8-19-16(21)15-13-17(15)6-9-18-10-7-17;;/h14-15,18H,2-13H2,1H3,(H,19,21);2*1H. The molecular formula is C17H33Cl2N3O. The van der Waals surface area contributed by atoms with Crippen molar-refractivity contribution in [2.24, 2.45) is 17.3 Å². The molecule has 3 aliphatic rings. The van der Waals surface area contributed by atoms with Crippen LogP contribution in [0.1, 0.15) is 45.4 Å². The summed E-state index contributed by atoms with van der Waals surface area (Å²) in [5.41, 5.74) is 0.377. The third kappa shape index (κ3) is 5.22. The Morgan fingerprint density at radius 1 is 1.22 bits per heavy atom. The lowest BCUT2D eigenvalue weighted by molar-refractivity contribution is -0.123. The van der Waals surface area contributed by atoms with E-state index in [-0.39, 0.29) is 24.8 Å². The topological polar surface area (TPSA) is 44.4 Å². The van der Waals surface area contributed by atoms with Gasteiger partial charge in [-0.2, -0.15) is 0 Å². The normalized spacial score (nSPS) is 26.9. The predicted molar refractivity (Wildman–Crippen MR) is 99.6 cm³/mol. The third-order valence-corrected chi connectivity index (χ3v) is 6.11. The molecule has 1 unspecified atom stereocenters. The Hall–Kier alpha value is -0.0300. The van der Waals surface area contributed by atoms with Crippen LogP contribution in [0.4, 0.5) is 0 Å². The fourth-order valence-electron chi connectivity index (χ4n) is 4.31. The van der Waals surface area contributed by atoms with Gasteiger partial charge >= 0.3 is 0 Å². The molecule has 1 saturated carbocycles. The quantitative estimate of drug-likeness (QED) is 0.786. The maximum Gasteiger partial charge on any atom is 0.223 e. The summed E-state index contributed by atoms with van der Waals surface area (Å²) in [5.74, 6) is 1.48. The van der Waals surface area contributed by atoms with E-state index in [0.717, 1.165) is 32.0 Å². The third-order valence-electron chi connectivity index (χ3n) is 6.11. The van der Waals surface area contributed by atoms with E-state index in [9.17, 15) is 4.79 Å². The minimum atomic E-state index is 0. The number of likely N-dealkylation sites (tertiary alicyclic amines) is 1. The number of nitrogens with zero attached hydrogens (tertiary/aromatic N) is 1. The first-order chi connectivity index (χ1) is 10.2. The van der Waals surface area contributed by atoms with E-state index in [1.807, 2.05) is 0 Å². The molecule has 2 heterocycles. The lowest BCUT2D eigenvalue weighted by Gasteiger charge is -2.31. The van der Waals surface area contributed by atoms with Gasteiger partial charge in [0.25, 0.3) is 0 Å². The highest BCUT2D eigenvalue weighted by atomic mass is 35.5.